The minimum Gasteiger partial charge on any atom is -0.497 e. The number of nitrogens with one attached hydrogen (secondary N) is 2. The molecule has 0 fully saturated rings. The molecule has 0 aliphatic rings. The molecule has 1 aromatic carbocycles. The molecule has 0 aliphatic carbocycles. The van der Waals surface area contributed by atoms with Crippen LogP contribution in [0.15, 0.2) is 24.3 Å². The molecule has 0 radical (unpaired) electrons. The largest absolute Gasteiger partial charge is 0.497 e. The SMILES string of the molecule is COc1ccc(NNC(=O)C(C)=O)cc1. The molecule has 0 saturated carbocycles. The highest BCUT2D eigenvalue weighted by Crippen LogP contribution is 2.13. The van der Waals surface area contributed by atoms with E-state index >= 15 is 0 Å². The van der Waals surface area contributed by atoms with E-state index in [0.29, 0.717) is 5.69 Å². The number of ether oxygens (including phenoxy) is 1. The van der Waals surface area contributed by atoms with Crippen molar-refractivity contribution in [1.29, 1.82) is 0 Å². The van der Waals surface area contributed by atoms with Crippen LogP contribution in [0.3, 0.4) is 0 Å². The van der Waals surface area contributed by atoms with E-state index in [0.717, 1.165) is 5.75 Å². The quantitative estimate of drug-likeness (QED) is 0.565. The molecule has 80 valence electrons. The molecule has 1 aromatic rings. The van der Waals surface area contributed by atoms with E-state index < -0.39 is 11.7 Å². The summed E-state index contributed by atoms with van der Waals surface area (Å²) in [7, 11) is 1.57. The summed E-state index contributed by atoms with van der Waals surface area (Å²) in [5, 5.41) is 0. The summed E-state index contributed by atoms with van der Waals surface area (Å²) in [5.41, 5.74) is 5.53. The minimum atomic E-state index is -0.675. The molecule has 5 nitrogen and oxygen atoms in total. The lowest BCUT2D eigenvalue weighted by Crippen LogP contribution is -2.33. The molecule has 1 amide bonds. The number of carbonyl (C=O) groups is 2. The van der Waals surface area contributed by atoms with Gasteiger partial charge in [-0.1, -0.05) is 0 Å². The summed E-state index contributed by atoms with van der Waals surface area (Å²) in [6.45, 7) is 1.20. The van der Waals surface area contributed by atoms with Crippen molar-refractivity contribution in [2.24, 2.45) is 0 Å². The van der Waals surface area contributed by atoms with Gasteiger partial charge in [0.15, 0.2) is 0 Å². The maximum Gasteiger partial charge on any atom is 0.305 e. The number of methoxy groups -OCH3 is 1. The van der Waals surface area contributed by atoms with Crippen molar-refractivity contribution < 1.29 is 14.3 Å². The Morgan fingerprint density at radius 3 is 2.27 bits per heavy atom. The van der Waals surface area contributed by atoms with Crippen molar-refractivity contribution in [3.8, 4) is 5.75 Å². The first kappa shape index (κ1) is 11.0. The van der Waals surface area contributed by atoms with Gasteiger partial charge in [-0.25, -0.2) is 0 Å². The molecule has 0 aromatic heterocycles. The highest BCUT2D eigenvalue weighted by molar-refractivity contribution is 6.35. The number of benzene rings is 1. The van der Waals surface area contributed by atoms with Gasteiger partial charge in [0.1, 0.15) is 5.75 Å². The Morgan fingerprint density at radius 1 is 1.20 bits per heavy atom. The van der Waals surface area contributed by atoms with Crippen molar-refractivity contribution >= 4 is 17.4 Å². The second-order valence-corrected chi connectivity index (χ2v) is 2.86. The van der Waals surface area contributed by atoms with Gasteiger partial charge in [0.05, 0.1) is 12.8 Å². The third kappa shape index (κ3) is 3.30. The molecule has 0 saturated heterocycles. The molecule has 1 rings (SSSR count). The zero-order valence-electron chi connectivity index (χ0n) is 8.53. The topological polar surface area (TPSA) is 67.4 Å². The highest BCUT2D eigenvalue weighted by Gasteiger charge is 2.05. The smallest absolute Gasteiger partial charge is 0.305 e. The summed E-state index contributed by atoms with van der Waals surface area (Å²) in [4.78, 5) is 21.5. The molecular formula is C10H12N2O3. The molecule has 5 heteroatoms. The summed E-state index contributed by atoms with van der Waals surface area (Å²) in [6.07, 6.45) is 0. The third-order valence-corrected chi connectivity index (χ3v) is 1.73. The van der Waals surface area contributed by atoms with E-state index in [9.17, 15) is 9.59 Å². The molecular weight excluding hydrogens is 196 g/mol. The first-order valence-electron chi connectivity index (χ1n) is 4.34. The second-order valence-electron chi connectivity index (χ2n) is 2.86. The van der Waals surface area contributed by atoms with Gasteiger partial charge in [0.25, 0.3) is 0 Å². The summed E-state index contributed by atoms with van der Waals surface area (Å²) >= 11 is 0. The Bertz CT molecular complexity index is 359. The number of rotatable bonds is 4. The third-order valence-electron chi connectivity index (χ3n) is 1.73. The molecule has 2 N–H and O–H groups in total. The standard InChI is InChI=1S/C10H12N2O3/c1-7(13)10(14)12-11-8-3-5-9(15-2)6-4-8/h3-6,11H,1-2H3,(H,12,14). The van der Waals surface area contributed by atoms with Crippen molar-refractivity contribution in [2.45, 2.75) is 6.92 Å². The first-order valence-corrected chi connectivity index (χ1v) is 4.34. The highest BCUT2D eigenvalue weighted by atomic mass is 16.5. The van der Waals surface area contributed by atoms with Crippen LogP contribution in [0.4, 0.5) is 5.69 Å². The lowest BCUT2D eigenvalue weighted by atomic mass is 10.3. The fourth-order valence-corrected chi connectivity index (χ4v) is 0.891. The normalized spacial score (nSPS) is 9.20. The van der Waals surface area contributed by atoms with Crippen LogP contribution in [-0.2, 0) is 9.59 Å². The van der Waals surface area contributed by atoms with Crippen LogP contribution < -0.4 is 15.6 Å². The molecule has 15 heavy (non-hydrogen) atoms. The van der Waals surface area contributed by atoms with E-state index in [1.165, 1.54) is 6.92 Å². The lowest BCUT2D eigenvalue weighted by molar-refractivity contribution is -0.136. The Hall–Kier alpha value is -2.04. The summed E-state index contributed by atoms with van der Waals surface area (Å²) in [5.74, 6) is -0.500. The van der Waals surface area contributed by atoms with Gasteiger partial charge in [0, 0.05) is 6.92 Å². The predicted molar refractivity (Wildman–Crippen MR) is 55.4 cm³/mol. The van der Waals surface area contributed by atoms with Crippen molar-refractivity contribution in [2.75, 3.05) is 12.5 Å². The van der Waals surface area contributed by atoms with Crippen LogP contribution in [0.2, 0.25) is 0 Å². The van der Waals surface area contributed by atoms with E-state index in [1.807, 2.05) is 0 Å². The number of carbonyl (C=O) groups excluding carboxylic acids is 2. The van der Waals surface area contributed by atoms with Crippen LogP contribution in [-0.4, -0.2) is 18.8 Å². The summed E-state index contributed by atoms with van der Waals surface area (Å²) < 4.78 is 4.96. The number of anilines is 1. The average Bonchev–Trinajstić information content (AvgIpc) is 2.26. The van der Waals surface area contributed by atoms with Crippen molar-refractivity contribution in [1.82, 2.24) is 5.43 Å². The maximum absolute atomic E-state index is 10.9. The zero-order valence-corrected chi connectivity index (χ0v) is 8.53. The van der Waals surface area contributed by atoms with Gasteiger partial charge in [-0.2, -0.15) is 0 Å². The Labute approximate surface area is 87.4 Å². The summed E-state index contributed by atoms with van der Waals surface area (Å²) in [6, 6.07) is 6.92. The van der Waals surface area contributed by atoms with E-state index in [-0.39, 0.29) is 0 Å². The molecule has 0 aliphatic heterocycles. The zero-order chi connectivity index (χ0) is 11.3. The van der Waals surface area contributed by atoms with Gasteiger partial charge in [-0.15, -0.1) is 0 Å². The van der Waals surface area contributed by atoms with Gasteiger partial charge in [-0.3, -0.25) is 20.4 Å². The Morgan fingerprint density at radius 2 is 1.80 bits per heavy atom. The number of hydrogen-bond donors (Lipinski definition) is 2. The molecule has 0 bridgehead atoms. The van der Waals surface area contributed by atoms with Gasteiger partial charge in [-0.05, 0) is 24.3 Å². The van der Waals surface area contributed by atoms with Crippen LogP contribution >= 0.6 is 0 Å². The number of amides is 1. The fraction of sp³-hybridized carbons (Fsp3) is 0.200. The van der Waals surface area contributed by atoms with Crippen LogP contribution in [0.5, 0.6) is 5.75 Å². The number of hydrazine groups is 1. The molecule has 0 spiro atoms. The molecule has 0 heterocycles. The number of hydrogen-bond acceptors (Lipinski definition) is 4. The first-order chi connectivity index (χ1) is 7.13. The van der Waals surface area contributed by atoms with Gasteiger partial charge < -0.3 is 4.74 Å². The van der Waals surface area contributed by atoms with E-state index in [2.05, 4.69) is 10.9 Å². The second kappa shape index (κ2) is 4.99. The van der Waals surface area contributed by atoms with Crippen molar-refractivity contribution in [3.05, 3.63) is 24.3 Å². The van der Waals surface area contributed by atoms with Crippen LogP contribution in [0, 0.1) is 0 Å². The lowest BCUT2D eigenvalue weighted by Gasteiger charge is -2.07. The van der Waals surface area contributed by atoms with Gasteiger partial charge >= 0.3 is 5.91 Å². The fourth-order valence-electron chi connectivity index (χ4n) is 0.891. The van der Waals surface area contributed by atoms with E-state index in [1.54, 1.807) is 31.4 Å². The molecule has 0 unspecified atom stereocenters. The Balaban J connectivity index is 2.51. The maximum atomic E-state index is 10.9. The average molecular weight is 208 g/mol. The van der Waals surface area contributed by atoms with Crippen LogP contribution in [0.1, 0.15) is 6.92 Å². The van der Waals surface area contributed by atoms with Gasteiger partial charge in [0.2, 0.25) is 5.78 Å². The van der Waals surface area contributed by atoms with Crippen molar-refractivity contribution in [3.63, 3.8) is 0 Å². The van der Waals surface area contributed by atoms with Crippen LogP contribution in [0.25, 0.3) is 0 Å². The number of ketones is 1. The predicted octanol–water partition coefficient (Wildman–Crippen LogP) is 0.727. The van der Waals surface area contributed by atoms with E-state index in [4.69, 9.17) is 4.74 Å². The Kier molecular flexibility index (Phi) is 3.68. The number of Topliss-reactive ketones (excluding diaryl/α,β-unsaturated/α-hetero) is 1. The minimum absolute atomic E-state index is 0.545. The molecule has 0 atom stereocenters. The monoisotopic (exact) mass is 208 g/mol.